The molecule has 84 valence electrons. The van der Waals surface area contributed by atoms with E-state index in [4.69, 9.17) is 5.53 Å². The fourth-order valence-corrected chi connectivity index (χ4v) is 2.67. The molecule has 0 heterocycles. The van der Waals surface area contributed by atoms with Crippen LogP contribution >= 0.6 is 0 Å². The summed E-state index contributed by atoms with van der Waals surface area (Å²) >= 11 is 0. The predicted molar refractivity (Wildman–Crippen MR) is 65.9 cm³/mol. The molecule has 0 aromatic rings. The van der Waals surface area contributed by atoms with Crippen LogP contribution in [0.4, 0.5) is 0 Å². The molecular formula is C13H17N3. The molecular weight excluding hydrogens is 198 g/mol. The molecule has 0 spiro atoms. The average molecular weight is 215 g/mol. The summed E-state index contributed by atoms with van der Waals surface area (Å²) in [6.07, 6.45) is 10.1. The van der Waals surface area contributed by atoms with Crippen molar-refractivity contribution in [2.75, 3.05) is 0 Å². The Morgan fingerprint density at radius 1 is 1.62 bits per heavy atom. The Morgan fingerprint density at radius 3 is 3.19 bits per heavy atom. The molecule has 0 amide bonds. The van der Waals surface area contributed by atoms with Gasteiger partial charge in [-0.2, -0.15) is 0 Å². The molecule has 0 saturated carbocycles. The first-order valence-corrected chi connectivity index (χ1v) is 5.85. The number of azide groups is 1. The quantitative estimate of drug-likeness (QED) is 0.383. The maximum Gasteiger partial charge on any atom is 0.0354 e. The van der Waals surface area contributed by atoms with Gasteiger partial charge in [-0.25, -0.2) is 0 Å². The molecule has 0 aliphatic heterocycles. The summed E-state index contributed by atoms with van der Waals surface area (Å²) in [5.74, 6) is 0.451. The molecule has 3 heteroatoms. The molecule has 2 aliphatic carbocycles. The van der Waals surface area contributed by atoms with E-state index in [-0.39, 0.29) is 6.04 Å². The van der Waals surface area contributed by atoms with Crippen LogP contribution in [0.25, 0.3) is 10.4 Å². The zero-order valence-corrected chi connectivity index (χ0v) is 9.85. The lowest BCUT2D eigenvalue weighted by molar-refractivity contribution is 0.582. The first-order chi connectivity index (χ1) is 7.72. The monoisotopic (exact) mass is 215 g/mol. The third kappa shape index (κ3) is 2.05. The van der Waals surface area contributed by atoms with Crippen LogP contribution in [0.5, 0.6) is 0 Å². The van der Waals surface area contributed by atoms with Crippen molar-refractivity contribution in [1.82, 2.24) is 0 Å². The van der Waals surface area contributed by atoms with E-state index in [9.17, 15) is 0 Å². The van der Waals surface area contributed by atoms with Crippen LogP contribution in [0.15, 0.2) is 40.1 Å². The second-order valence-electron chi connectivity index (χ2n) is 4.62. The Kier molecular flexibility index (Phi) is 3.16. The Hall–Kier alpha value is -1.47. The second kappa shape index (κ2) is 4.58. The first kappa shape index (κ1) is 11.0. The fourth-order valence-electron chi connectivity index (χ4n) is 2.67. The minimum atomic E-state index is 0.0706. The lowest BCUT2D eigenvalue weighted by Gasteiger charge is -2.20. The Bertz CT molecular complexity index is 422. The number of nitrogens with zero attached hydrogens (tertiary/aromatic N) is 3. The third-order valence-corrected chi connectivity index (χ3v) is 3.38. The lowest BCUT2D eigenvalue weighted by atomic mass is 9.85. The van der Waals surface area contributed by atoms with Crippen molar-refractivity contribution in [1.29, 1.82) is 0 Å². The van der Waals surface area contributed by atoms with Gasteiger partial charge in [0, 0.05) is 16.9 Å². The zero-order valence-electron chi connectivity index (χ0n) is 9.85. The topological polar surface area (TPSA) is 48.8 Å². The highest BCUT2D eigenvalue weighted by Crippen LogP contribution is 2.39. The van der Waals surface area contributed by atoms with Gasteiger partial charge < -0.3 is 0 Å². The molecule has 0 bridgehead atoms. The van der Waals surface area contributed by atoms with E-state index in [1.54, 1.807) is 0 Å². The van der Waals surface area contributed by atoms with Crippen LogP contribution in [-0.4, -0.2) is 6.04 Å². The summed E-state index contributed by atoms with van der Waals surface area (Å²) in [7, 11) is 0. The largest absolute Gasteiger partial charge is 0.0909 e. The maximum atomic E-state index is 8.41. The van der Waals surface area contributed by atoms with Gasteiger partial charge in [-0.05, 0) is 42.9 Å². The molecule has 1 unspecified atom stereocenters. The Morgan fingerprint density at radius 2 is 2.44 bits per heavy atom. The molecule has 0 saturated heterocycles. The Labute approximate surface area is 96.2 Å². The van der Waals surface area contributed by atoms with E-state index >= 15 is 0 Å². The molecule has 0 N–H and O–H groups in total. The van der Waals surface area contributed by atoms with E-state index in [1.807, 2.05) is 6.92 Å². The van der Waals surface area contributed by atoms with Crippen LogP contribution in [0.1, 0.15) is 33.1 Å². The third-order valence-electron chi connectivity index (χ3n) is 3.38. The molecule has 2 rings (SSSR count). The molecule has 2 atom stereocenters. The number of hydrogen-bond donors (Lipinski definition) is 0. The summed E-state index contributed by atoms with van der Waals surface area (Å²) in [5.41, 5.74) is 12.8. The molecule has 0 aromatic heterocycles. The van der Waals surface area contributed by atoms with Crippen LogP contribution in [0.3, 0.4) is 0 Å². The second-order valence-corrected chi connectivity index (χ2v) is 4.62. The summed E-state index contributed by atoms with van der Waals surface area (Å²) in [6, 6.07) is 0.0706. The minimum absolute atomic E-state index is 0.0706. The van der Waals surface area contributed by atoms with Gasteiger partial charge in [0.1, 0.15) is 0 Å². The van der Waals surface area contributed by atoms with Crippen molar-refractivity contribution in [2.24, 2.45) is 11.0 Å². The summed E-state index contributed by atoms with van der Waals surface area (Å²) in [6.45, 7) is 4.17. The summed E-state index contributed by atoms with van der Waals surface area (Å²) in [4.78, 5) is 2.87. The molecule has 0 aromatic carbocycles. The average Bonchev–Trinajstić information content (AvgIpc) is 2.63. The van der Waals surface area contributed by atoms with Crippen LogP contribution in [0.2, 0.25) is 0 Å². The van der Waals surface area contributed by atoms with E-state index in [0.29, 0.717) is 5.92 Å². The highest BCUT2D eigenvalue weighted by atomic mass is 15.1. The first-order valence-electron chi connectivity index (χ1n) is 5.85. The molecule has 3 nitrogen and oxygen atoms in total. The van der Waals surface area contributed by atoms with Gasteiger partial charge in [0.05, 0.1) is 0 Å². The van der Waals surface area contributed by atoms with E-state index in [1.165, 1.54) is 16.7 Å². The minimum Gasteiger partial charge on any atom is -0.0909 e. The van der Waals surface area contributed by atoms with Crippen molar-refractivity contribution in [3.63, 3.8) is 0 Å². The van der Waals surface area contributed by atoms with Crippen molar-refractivity contribution in [3.05, 3.63) is 45.4 Å². The lowest BCUT2D eigenvalue weighted by Crippen LogP contribution is -2.10. The van der Waals surface area contributed by atoms with E-state index in [2.05, 4.69) is 35.2 Å². The van der Waals surface area contributed by atoms with Gasteiger partial charge in [0.15, 0.2) is 0 Å². The van der Waals surface area contributed by atoms with Gasteiger partial charge in [0.25, 0.3) is 0 Å². The van der Waals surface area contributed by atoms with Crippen molar-refractivity contribution in [2.45, 2.75) is 39.2 Å². The molecule has 2 aliphatic rings. The van der Waals surface area contributed by atoms with Crippen molar-refractivity contribution in [3.8, 4) is 0 Å². The van der Waals surface area contributed by atoms with Crippen LogP contribution in [0, 0.1) is 5.92 Å². The molecule has 0 fully saturated rings. The van der Waals surface area contributed by atoms with Crippen LogP contribution < -0.4 is 0 Å². The highest BCUT2D eigenvalue weighted by molar-refractivity contribution is 5.49. The van der Waals surface area contributed by atoms with Crippen molar-refractivity contribution >= 4 is 0 Å². The smallest absolute Gasteiger partial charge is 0.0354 e. The standard InChI is InChI=1S/C13H17N3/c1-9-4-3-5-11-6-7-12(13(9)11)8-10(2)15-16-14/h4,6-7,10,12H,3,5,8H2,1-2H3/t10-,12?/m0/s1. The Balaban J connectivity index is 2.14. The van der Waals surface area contributed by atoms with Gasteiger partial charge in [0.2, 0.25) is 0 Å². The molecule has 16 heavy (non-hydrogen) atoms. The van der Waals surface area contributed by atoms with Gasteiger partial charge >= 0.3 is 0 Å². The number of rotatable bonds is 3. The van der Waals surface area contributed by atoms with E-state index in [0.717, 1.165) is 19.3 Å². The van der Waals surface area contributed by atoms with Crippen molar-refractivity contribution < 1.29 is 0 Å². The zero-order chi connectivity index (χ0) is 11.5. The fraction of sp³-hybridized carbons (Fsp3) is 0.538. The predicted octanol–water partition coefficient (Wildman–Crippen LogP) is 4.30. The SMILES string of the molecule is CC1=CCCC2=C1C(C[C@H](C)N=[N+]=[N-])C=C2. The number of allylic oxidation sites excluding steroid dienone is 6. The summed E-state index contributed by atoms with van der Waals surface area (Å²) < 4.78 is 0. The highest BCUT2D eigenvalue weighted by Gasteiger charge is 2.24. The van der Waals surface area contributed by atoms with Crippen LogP contribution in [-0.2, 0) is 0 Å². The summed E-state index contributed by atoms with van der Waals surface area (Å²) in [5, 5.41) is 3.76. The maximum absolute atomic E-state index is 8.41. The van der Waals surface area contributed by atoms with E-state index < -0.39 is 0 Å². The van der Waals surface area contributed by atoms with Gasteiger partial charge in [-0.1, -0.05) is 35.8 Å². The number of hydrogen-bond acceptors (Lipinski definition) is 1. The normalized spacial score (nSPS) is 24.9. The van der Waals surface area contributed by atoms with Gasteiger partial charge in [-0.15, -0.1) is 0 Å². The van der Waals surface area contributed by atoms with Gasteiger partial charge in [-0.3, -0.25) is 0 Å². The molecule has 0 radical (unpaired) electrons.